The molecule has 1 saturated heterocycles. The molecule has 1 fully saturated rings. The van der Waals surface area contributed by atoms with Gasteiger partial charge in [-0.2, -0.15) is 0 Å². The van der Waals surface area contributed by atoms with Crippen molar-refractivity contribution >= 4 is 28.4 Å². The van der Waals surface area contributed by atoms with Crippen molar-refractivity contribution in [3.05, 3.63) is 41.0 Å². The van der Waals surface area contributed by atoms with Gasteiger partial charge in [0, 0.05) is 18.0 Å². The van der Waals surface area contributed by atoms with Crippen LogP contribution in [-0.4, -0.2) is 28.4 Å². The van der Waals surface area contributed by atoms with E-state index < -0.39 is 0 Å². The zero-order valence-corrected chi connectivity index (χ0v) is 12.2. The third-order valence-electron chi connectivity index (χ3n) is 3.99. The van der Waals surface area contributed by atoms with Gasteiger partial charge in [0.2, 0.25) is 0 Å². The molecule has 4 heteroatoms. The molecule has 20 heavy (non-hydrogen) atoms. The van der Waals surface area contributed by atoms with Gasteiger partial charge in [0.25, 0.3) is 5.91 Å². The lowest BCUT2D eigenvalue weighted by Crippen LogP contribution is -2.35. The summed E-state index contributed by atoms with van der Waals surface area (Å²) in [5.41, 5.74) is 1.23. The minimum atomic E-state index is 0.00185. The first-order valence-corrected chi connectivity index (χ1v) is 7.44. The summed E-state index contributed by atoms with van der Waals surface area (Å²) in [6.45, 7) is 2.94. The molecule has 1 unspecified atom stereocenters. The van der Waals surface area contributed by atoms with Gasteiger partial charge in [-0.15, -0.1) is 0 Å². The number of pyridine rings is 1. The number of likely N-dealkylation sites (tertiary alicyclic amines) is 1. The number of nitrogens with zero attached hydrogens (tertiary/aromatic N) is 2. The van der Waals surface area contributed by atoms with Crippen LogP contribution in [0.5, 0.6) is 0 Å². The molecule has 3 nitrogen and oxygen atoms in total. The van der Waals surface area contributed by atoms with Crippen LogP contribution in [0.2, 0.25) is 5.02 Å². The number of carbonyl (C=O) groups excluding carboxylic acids is 1. The molecule has 3 rings (SSSR count). The number of aromatic nitrogens is 1. The molecule has 0 N–H and O–H groups in total. The lowest BCUT2D eigenvalue weighted by Gasteiger charge is -2.23. The Hall–Kier alpha value is -1.61. The summed E-state index contributed by atoms with van der Waals surface area (Å²) in [5.74, 6) is 0.00185. The first-order chi connectivity index (χ1) is 9.70. The summed E-state index contributed by atoms with van der Waals surface area (Å²) in [7, 11) is 0. The summed E-state index contributed by atoms with van der Waals surface area (Å²) in [5, 5.41) is 1.48. The van der Waals surface area contributed by atoms with E-state index in [1.807, 2.05) is 29.2 Å². The van der Waals surface area contributed by atoms with Crippen molar-refractivity contribution in [2.45, 2.75) is 32.2 Å². The molecule has 1 atom stereocenters. The fraction of sp³-hybridized carbons (Fsp3) is 0.375. The van der Waals surface area contributed by atoms with Gasteiger partial charge in [0.05, 0.1) is 10.5 Å². The number of carbonyl (C=O) groups is 1. The first-order valence-electron chi connectivity index (χ1n) is 7.07. The summed E-state index contributed by atoms with van der Waals surface area (Å²) < 4.78 is 0. The van der Waals surface area contributed by atoms with Crippen molar-refractivity contribution in [1.82, 2.24) is 9.88 Å². The maximum absolute atomic E-state index is 12.6. The zero-order chi connectivity index (χ0) is 14.1. The summed E-state index contributed by atoms with van der Waals surface area (Å²) in [6.07, 6.45) is 3.15. The Bertz CT molecular complexity index is 656. The van der Waals surface area contributed by atoms with Crippen molar-refractivity contribution in [3.63, 3.8) is 0 Å². The van der Waals surface area contributed by atoms with Gasteiger partial charge < -0.3 is 4.90 Å². The molecule has 1 aliphatic heterocycles. The zero-order valence-electron chi connectivity index (χ0n) is 11.5. The van der Waals surface area contributed by atoms with Crippen LogP contribution in [0.3, 0.4) is 0 Å². The second-order valence-corrected chi connectivity index (χ2v) is 5.62. The second kappa shape index (κ2) is 5.41. The van der Waals surface area contributed by atoms with Crippen LogP contribution in [-0.2, 0) is 0 Å². The second-order valence-electron chi connectivity index (χ2n) is 5.21. The summed E-state index contributed by atoms with van der Waals surface area (Å²) in [6, 6.07) is 9.67. The molecular weight excluding hydrogens is 272 g/mol. The molecule has 0 aliphatic carbocycles. The van der Waals surface area contributed by atoms with Crippen LogP contribution in [0.1, 0.15) is 36.7 Å². The molecule has 1 amide bonds. The minimum Gasteiger partial charge on any atom is -0.334 e. The lowest BCUT2D eigenvalue weighted by atomic mass is 10.1. The largest absolute Gasteiger partial charge is 0.334 e. The van der Waals surface area contributed by atoms with Crippen molar-refractivity contribution in [1.29, 1.82) is 0 Å². The minimum absolute atomic E-state index is 0.00185. The smallest absolute Gasteiger partial charge is 0.272 e. The van der Waals surface area contributed by atoms with Gasteiger partial charge in [-0.3, -0.25) is 4.79 Å². The van der Waals surface area contributed by atoms with E-state index in [1.165, 1.54) is 0 Å². The standard InChI is InChI=1S/C16H17ClN2O/c1-2-11-6-5-9-19(11)16(20)15-10-13(17)12-7-3-4-8-14(12)18-15/h3-4,7-8,10-11H,2,5-6,9H2,1H3. The number of hydrogen-bond acceptors (Lipinski definition) is 2. The summed E-state index contributed by atoms with van der Waals surface area (Å²) in [4.78, 5) is 19.0. The van der Waals surface area contributed by atoms with Gasteiger partial charge >= 0.3 is 0 Å². The van der Waals surface area contributed by atoms with Crippen LogP contribution >= 0.6 is 11.6 Å². The number of para-hydroxylation sites is 1. The van der Waals surface area contributed by atoms with Crippen LogP contribution in [0.4, 0.5) is 0 Å². The van der Waals surface area contributed by atoms with Crippen molar-refractivity contribution in [2.75, 3.05) is 6.54 Å². The van der Waals surface area contributed by atoms with Crippen molar-refractivity contribution < 1.29 is 4.79 Å². The Balaban J connectivity index is 1.99. The predicted octanol–water partition coefficient (Wildman–Crippen LogP) is 3.90. The van der Waals surface area contributed by atoms with Gasteiger partial charge in [0.1, 0.15) is 5.69 Å². The predicted molar refractivity (Wildman–Crippen MR) is 81.1 cm³/mol. The van der Waals surface area contributed by atoms with E-state index in [0.717, 1.165) is 36.7 Å². The van der Waals surface area contributed by atoms with E-state index in [1.54, 1.807) is 6.07 Å². The molecule has 104 valence electrons. The monoisotopic (exact) mass is 288 g/mol. The normalized spacial score (nSPS) is 18.7. The Morgan fingerprint density at radius 3 is 3.05 bits per heavy atom. The van der Waals surface area contributed by atoms with Gasteiger partial charge in [-0.25, -0.2) is 4.98 Å². The number of fused-ring (bicyclic) bond motifs is 1. The number of amides is 1. The fourth-order valence-corrected chi connectivity index (χ4v) is 3.18. The van der Waals surface area contributed by atoms with Gasteiger partial charge in [-0.1, -0.05) is 36.7 Å². The SMILES string of the molecule is CCC1CCCN1C(=O)c1cc(Cl)c2ccccc2n1. The number of rotatable bonds is 2. The maximum Gasteiger partial charge on any atom is 0.272 e. The molecule has 2 heterocycles. The number of halogens is 1. The maximum atomic E-state index is 12.6. The molecule has 1 aromatic heterocycles. The topological polar surface area (TPSA) is 33.2 Å². The highest BCUT2D eigenvalue weighted by molar-refractivity contribution is 6.35. The Morgan fingerprint density at radius 2 is 2.25 bits per heavy atom. The number of hydrogen-bond donors (Lipinski definition) is 0. The molecule has 0 saturated carbocycles. The number of benzene rings is 1. The van der Waals surface area contributed by atoms with Crippen LogP contribution < -0.4 is 0 Å². The molecule has 0 spiro atoms. The van der Waals surface area contributed by atoms with Crippen molar-refractivity contribution in [2.24, 2.45) is 0 Å². The lowest BCUT2D eigenvalue weighted by molar-refractivity contribution is 0.0728. The highest BCUT2D eigenvalue weighted by Crippen LogP contribution is 2.26. The molecular formula is C16H17ClN2O. The fourth-order valence-electron chi connectivity index (χ4n) is 2.92. The third kappa shape index (κ3) is 2.27. The van der Waals surface area contributed by atoms with Gasteiger partial charge in [0.15, 0.2) is 0 Å². The van der Waals surface area contributed by atoms with Crippen LogP contribution in [0.15, 0.2) is 30.3 Å². The third-order valence-corrected chi connectivity index (χ3v) is 4.31. The highest BCUT2D eigenvalue weighted by atomic mass is 35.5. The molecule has 1 aromatic carbocycles. The van der Waals surface area contributed by atoms with E-state index in [4.69, 9.17) is 11.6 Å². The van der Waals surface area contributed by atoms with Crippen molar-refractivity contribution in [3.8, 4) is 0 Å². The van der Waals surface area contributed by atoms with E-state index in [0.29, 0.717) is 16.8 Å². The molecule has 1 aliphatic rings. The Kier molecular flexibility index (Phi) is 3.62. The highest BCUT2D eigenvalue weighted by Gasteiger charge is 2.29. The Labute approximate surface area is 123 Å². The van der Waals surface area contributed by atoms with E-state index in [-0.39, 0.29) is 5.91 Å². The average molecular weight is 289 g/mol. The Morgan fingerprint density at radius 1 is 1.45 bits per heavy atom. The average Bonchev–Trinajstić information content (AvgIpc) is 2.95. The molecule has 0 bridgehead atoms. The first kappa shape index (κ1) is 13.4. The van der Waals surface area contributed by atoms with E-state index in [9.17, 15) is 4.79 Å². The molecule has 0 radical (unpaired) electrons. The molecule has 2 aromatic rings. The summed E-state index contributed by atoms with van der Waals surface area (Å²) >= 11 is 6.27. The van der Waals surface area contributed by atoms with Crippen LogP contribution in [0.25, 0.3) is 10.9 Å². The van der Waals surface area contributed by atoms with E-state index in [2.05, 4.69) is 11.9 Å². The van der Waals surface area contributed by atoms with Gasteiger partial charge in [-0.05, 0) is 31.4 Å². The quantitative estimate of drug-likeness (QED) is 0.839. The van der Waals surface area contributed by atoms with Crippen LogP contribution in [0, 0.1) is 0 Å². The van der Waals surface area contributed by atoms with E-state index >= 15 is 0 Å².